The van der Waals surface area contributed by atoms with Crippen LogP contribution in [0.25, 0.3) is 12.3 Å². The Bertz CT molecular complexity index is 1000. The van der Waals surface area contributed by atoms with E-state index in [1.54, 1.807) is 6.07 Å². The summed E-state index contributed by atoms with van der Waals surface area (Å²) in [6.45, 7) is 3.46. The number of carbonyl (C=O) groups is 1. The molecule has 2 aromatic carbocycles. The normalized spacial score (nSPS) is 18.5. The van der Waals surface area contributed by atoms with E-state index in [1.807, 2.05) is 12.1 Å². The molecule has 0 saturated carbocycles. The molecule has 0 aliphatic carbocycles. The molecule has 1 atom stereocenters. The van der Waals surface area contributed by atoms with Crippen molar-refractivity contribution in [3.05, 3.63) is 58.5 Å². The highest BCUT2D eigenvalue weighted by Crippen LogP contribution is 2.19. The quantitative estimate of drug-likeness (QED) is 0.739. The summed E-state index contributed by atoms with van der Waals surface area (Å²) in [6, 6.07) is 14.6. The number of nitrogens with zero attached hydrogens (tertiary/aromatic N) is 2. The molecule has 6 heteroatoms. The summed E-state index contributed by atoms with van der Waals surface area (Å²) in [5.41, 5.74) is 2.35. The van der Waals surface area contributed by atoms with E-state index in [0.29, 0.717) is 11.8 Å². The van der Waals surface area contributed by atoms with Crippen molar-refractivity contribution < 1.29 is 14.6 Å². The second-order valence-corrected chi connectivity index (χ2v) is 7.78. The average Bonchev–Trinajstić information content (AvgIpc) is 3.13. The van der Waals surface area contributed by atoms with E-state index in [1.165, 1.54) is 16.1 Å². The molecule has 1 saturated heterocycles. The van der Waals surface area contributed by atoms with Crippen LogP contribution < -0.4 is 20.5 Å². The maximum absolute atomic E-state index is 10.7. The smallest absolute Gasteiger partial charge is 0.341 e. The molecule has 0 aromatic heterocycles. The third kappa shape index (κ3) is 4.90. The van der Waals surface area contributed by atoms with Crippen LogP contribution in [0.15, 0.2) is 42.5 Å². The lowest BCUT2D eigenvalue weighted by atomic mass is 10.1. The Kier molecular flexibility index (Phi) is 5.71. The molecule has 0 amide bonds. The highest BCUT2D eigenvalue weighted by molar-refractivity contribution is 5.68. The van der Waals surface area contributed by atoms with Crippen molar-refractivity contribution >= 4 is 23.9 Å². The first kappa shape index (κ1) is 19.3. The highest BCUT2D eigenvalue weighted by atomic mass is 16.5. The Balaban J connectivity index is 1.37. The number of carboxylic acid groups (broad SMARTS) is 1. The van der Waals surface area contributed by atoms with Crippen LogP contribution in [0, 0.1) is 0 Å². The first-order valence-corrected chi connectivity index (χ1v) is 10.0. The van der Waals surface area contributed by atoms with E-state index in [2.05, 4.69) is 58.7 Å². The summed E-state index contributed by atoms with van der Waals surface area (Å²) in [5, 5.41) is 15.1. The molecule has 1 fully saturated rings. The zero-order chi connectivity index (χ0) is 20.2. The summed E-state index contributed by atoms with van der Waals surface area (Å²) in [7, 11) is 2.09. The lowest BCUT2D eigenvalue weighted by Crippen LogP contribution is -2.37. The Morgan fingerprint density at radius 1 is 1.28 bits per heavy atom. The molecule has 152 valence electrons. The van der Waals surface area contributed by atoms with E-state index in [0.717, 1.165) is 38.2 Å². The van der Waals surface area contributed by atoms with Gasteiger partial charge in [-0.05, 0) is 35.4 Å². The van der Waals surface area contributed by atoms with Gasteiger partial charge in [0, 0.05) is 56.4 Å². The van der Waals surface area contributed by atoms with Crippen LogP contribution in [0.1, 0.15) is 12.0 Å². The van der Waals surface area contributed by atoms with Crippen molar-refractivity contribution in [2.75, 3.05) is 38.6 Å². The number of ether oxygens (including phenoxy) is 1. The van der Waals surface area contributed by atoms with Gasteiger partial charge in [-0.15, -0.1) is 0 Å². The van der Waals surface area contributed by atoms with Crippen molar-refractivity contribution in [1.29, 1.82) is 0 Å². The first-order valence-electron chi connectivity index (χ1n) is 10.0. The van der Waals surface area contributed by atoms with Gasteiger partial charge in [-0.25, -0.2) is 4.79 Å². The van der Waals surface area contributed by atoms with Gasteiger partial charge in [0.15, 0.2) is 6.61 Å². The Hall–Kier alpha value is -2.99. The predicted molar refractivity (Wildman–Crippen MR) is 114 cm³/mol. The number of fused-ring (bicyclic) bond motifs is 1. The Morgan fingerprint density at radius 3 is 3.00 bits per heavy atom. The van der Waals surface area contributed by atoms with Gasteiger partial charge < -0.3 is 20.1 Å². The molecule has 2 aliphatic rings. The monoisotopic (exact) mass is 393 g/mol. The van der Waals surface area contributed by atoms with Crippen molar-refractivity contribution in [3.63, 3.8) is 0 Å². The summed E-state index contributed by atoms with van der Waals surface area (Å²) < 4.78 is 5.29. The molecule has 2 aromatic rings. The minimum Gasteiger partial charge on any atom is -0.482 e. The standard InChI is InChI=1S/C23H27N3O3/c1-25-10-9-21-18(14-25)5-3-7-22(21)24-19-8-11-26(15-19)13-17-4-2-6-20(12-17)29-16-23(27)28/h2-7,9,12,14,19,24H,8,10-11,13,15-16H2,1H3,(H,27,28). The summed E-state index contributed by atoms with van der Waals surface area (Å²) in [6.07, 6.45) is 5.58. The second kappa shape index (κ2) is 8.57. The zero-order valence-corrected chi connectivity index (χ0v) is 16.7. The minimum absolute atomic E-state index is 0.315. The van der Waals surface area contributed by atoms with Crippen LogP contribution in [0.4, 0.5) is 5.69 Å². The van der Waals surface area contributed by atoms with E-state index in [9.17, 15) is 4.79 Å². The molecule has 2 aliphatic heterocycles. The molecule has 0 radical (unpaired) electrons. The molecule has 29 heavy (non-hydrogen) atoms. The molecule has 1 unspecified atom stereocenters. The third-order valence-corrected chi connectivity index (χ3v) is 5.38. The van der Waals surface area contributed by atoms with Gasteiger partial charge in [0.1, 0.15) is 5.75 Å². The lowest BCUT2D eigenvalue weighted by molar-refractivity contribution is -0.139. The molecular weight excluding hydrogens is 366 g/mol. The van der Waals surface area contributed by atoms with Gasteiger partial charge in [-0.3, -0.25) is 4.90 Å². The van der Waals surface area contributed by atoms with E-state index < -0.39 is 5.97 Å². The predicted octanol–water partition coefficient (Wildman–Crippen LogP) is 1.30. The molecule has 0 bridgehead atoms. The van der Waals surface area contributed by atoms with Crippen molar-refractivity contribution in [1.82, 2.24) is 9.80 Å². The number of aliphatic carboxylic acids is 1. The van der Waals surface area contributed by atoms with Crippen molar-refractivity contribution in [2.24, 2.45) is 0 Å². The molecule has 6 nitrogen and oxygen atoms in total. The van der Waals surface area contributed by atoms with Gasteiger partial charge in [0.25, 0.3) is 0 Å². The average molecular weight is 393 g/mol. The van der Waals surface area contributed by atoms with Gasteiger partial charge in [0.2, 0.25) is 0 Å². The largest absolute Gasteiger partial charge is 0.482 e. The number of carboxylic acids is 1. The summed E-state index contributed by atoms with van der Waals surface area (Å²) in [4.78, 5) is 15.3. The third-order valence-electron chi connectivity index (χ3n) is 5.38. The first-order chi connectivity index (χ1) is 14.1. The zero-order valence-electron chi connectivity index (χ0n) is 16.7. The van der Waals surface area contributed by atoms with Crippen LogP contribution in [-0.4, -0.2) is 60.2 Å². The number of anilines is 1. The maximum atomic E-state index is 10.7. The van der Waals surface area contributed by atoms with Gasteiger partial charge >= 0.3 is 5.97 Å². The molecule has 0 spiro atoms. The number of benzene rings is 2. The summed E-state index contributed by atoms with van der Waals surface area (Å²) in [5.74, 6) is -0.361. The van der Waals surface area contributed by atoms with Crippen LogP contribution in [0.5, 0.6) is 5.75 Å². The van der Waals surface area contributed by atoms with E-state index in [4.69, 9.17) is 9.84 Å². The number of hydrogen-bond donors (Lipinski definition) is 2. The fourth-order valence-electron chi connectivity index (χ4n) is 4.03. The fourth-order valence-corrected chi connectivity index (χ4v) is 4.03. The van der Waals surface area contributed by atoms with Gasteiger partial charge in [0.05, 0.1) is 0 Å². The van der Waals surface area contributed by atoms with Crippen LogP contribution in [0.3, 0.4) is 0 Å². The van der Waals surface area contributed by atoms with Gasteiger partial charge in [-0.2, -0.15) is 0 Å². The molecule has 4 rings (SSSR count). The molecular formula is C23H27N3O3. The fraction of sp³-hybridized carbons (Fsp3) is 0.348. The molecule has 2 N–H and O–H groups in total. The number of likely N-dealkylation sites (tertiary alicyclic amines) is 1. The molecule has 2 heterocycles. The maximum Gasteiger partial charge on any atom is 0.341 e. The number of nitrogens with one attached hydrogen (secondary N) is 1. The minimum atomic E-state index is -0.964. The summed E-state index contributed by atoms with van der Waals surface area (Å²) >= 11 is 0. The highest BCUT2D eigenvalue weighted by Gasteiger charge is 2.22. The SMILES string of the molecule is CN1C=c2cccc(NC3CCN(Cc4cccc(OCC(=O)O)c4)C3)c2=CC1. The Labute approximate surface area is 170 Å². The number of hydrogen-bond acceptors (Lipinski definition) is 5. The van der Waals surface area contributed by atoms with E-state index in [-0.39, 0.29) is 6.61 Å². The Morgan fingerprint density at radius 2 is 2.14 bits per heavy atom. The van der Waals surface area contributed by atoms with Crippen LogP contribution in [0.2, 0.25) is 0 Å². The lowest BCUT2D eigenvalue weighted by Gasteiger charge is -2.20. The number of rotatable bonds is 7. The van der Waals surface area contributed by atoms with Gasteiger partial charge in [-0.1, -0.05) is 30.3 Å². The second-order valence-electron chi connectivity index (χ2n) is 7.78. The van der Waals surface area contributed by atoms with Crippen molar-refractivity contribution in [3.8, 4) is 5.75 Å². The van der Waals surface area contributed by atoms with E-state index >= 15 is 0 Å². The topological polar surface area (TPSA) is 65.0 Å². The van der Waals surface area contributed by atoms with Crippen LogP contribution in [-0.2, 0) is 11.3 Å². The van der Waals surface area contributed by atoms with Crippen molar-refractivity contribution in [2.45, 2.75) is 19.0 Å². The van der Waals surface area contributed by atoms with Crippen LogP contribution >= 0.6 is 0 Å².